The molecule has 1 unspecified atom stereocenters. The Kier molecular flexibility index (Phi) is 6.74. The minimum atomic E-state index is -0.534. The second kappa shape index (κ2) is 9.08. The number of thioether (sulfide) groups is 1. The summed E-state index contributed by atoms with van der Waals surface area (Å²) in [6, 6.07) is 3.20. The van der Waals surface area contributed by atoms with E-state index in [0.29, 0.717) is 45.0 Å². The number of benzene rings is 1. The van der Waals surface area contributed by atoms with Gasteiger partial charge in [-0.1, -0.05) is 18.7 Å². The van der Waals surface area contributed by atoms with Crippen LogP contribution in [0.5, 0.6) is 11.5 Å². The number of amides is 1. The van der Waals surface area contributed by atoms with Gasteiger partial charge in [0.15, 0.2) is 11.5 Å². The van der Waals surface area contributed by atoms with Crippen LogP contribution in [0, 0.1) is 0 Å². The molecule has 156 valence electrons. The Balaban J connectivity index is 2.17. The van der Waals surface area contributed by atoms with Crippen molar-refractivity contribution in [1.82, 2.24) is 14.8 Å². The lowest BCUT2D eigenvalue weighted by molar-refractivity contribution is -0.115. The van der Waals surface area contributed by atoms with E-state index < -0.39 is 11.9 Å². The SMILES string of the molecule is CCCSc1nc2n(n1)C(c1cc(Br)c(OC)c(OCC)c1)C(C(N)=O)=C(C)N2. The fraction of sp³-hybridized carbons (Fsp3) is 0.421. The van der Waals surface area contributed by atoms with Gasteiger partial charge in [0, 0.05) is 11.4 Å². The number of nitrogens with zero attached hydrogens (tertiary/aromatic N) is 3. The van der Waals surface area contributed by atoms with Crippen molar-refractivity contribution in [3.05, 3.63) is 33.4 Å². The van der Waals surface area contributed by atoms with Crippen LogP contribution in [0.15, 0.2) is 33.0 Å². The van der Waals surface area contributed by atoms with Crippen molar-refractivity contribution in [2.24, 2.45) is 5.73 Å². The maximum absolute atomic E-state index is 12.3. The van der Waals surface area contributed by atoms with E-state index in [9.17, 15) is 4.79 Å². The Morgan fingerprint density at radius 3 is 2.79 bits per heavy atom. The molecule has 10 heteroatoms. The number of allylic oxidation sites excluding steroid dienone is 1. The fourth-order valence-corrected chi connectivity index (χ4v) is 4.53. The molecule has 1 atom stereocenters. The second-order valence-electron chi connectivity index (χ2n) is 6.41. The predicted molar refractivity (Wildman–Crippen MR) is 117 cm³/mol. The zero-order chi connectivity index (χ0) is 21.1. The molecule has 0 bridgehead atoms. The van der Waals surface area contributed by atoms with Crippen molar-refractivity contribution in [1.29, 1.82) is 0 Å². The van der Waals surface area contributed by atoms with Crippen LogP contribution in [-0.2, 0) is 4.79 Å². The molecule has 29 heavy (non-hydrogen) atoms. The second-order valence-corrected chi connectivity index (χ2v) is 8.33. The first-order chi connectivity index (χ1) is 13.9. The van der Waals surface area contributed by atoms with E-state index in [1.54, 1.807) is 23.6 Å². The van der Waals surface area contributed by atoms with Gasteiger partial charge in [0.05, 0.1) is 23.8 Å². The number of fused-ring (bicyclic) bond motifs is 1. The molecule has 8 nitrogen and oxygen atoms in total. The van der Waals surface area contributed by atoms with Crippen molar-refractivity contribution in [3.63, 3.8) is 0 Å². The number of anilines is 1. The molecular formula is C19H24BrN5O3S. The third kappa shape index (κ3) is 4.23. The van der Waals surface area contributed by atoms with Crippen LogP contribution in [0.4, 0.5) is 5.95 Å². The van der Waals surface area contributed by atoms with Crippen LogP contribution >= 0.6 is 27.7 Å². The smallest absolute Gasteiger partial charge is 0.248 e. The number of ether oxygens (including phenoxy) is 2. The summed E-state index contributed by atoms with van der Waals surface area (Å²) in [4.78, 5) is 16.9. The summed E-state index contributed by atoms with van der Waals surface area (Å²) in [5, 5.41) is 8.44. The van der Waals surface area contributed by atoms with Gasteiger partial charge in [-0.15, -0.1) is 5.10 Å². The zero-order valence-electron chi connectivity index (χ0n) is 16.8. The maximum atomic E-state index is 12.3. The normalized spacial score (nSPS) is 15.7. The Labute approximate surface area is 182 Å². The summed E-state index contributed by atoms with van der Waals surface area (Å²) in [6.07, 6.45) is 1.01. The number of nitrogens with one attached hydrogen (secondary N) is 1. The lowest BCUT2D eigenvalue weighted by Crippen LogP contribution is -2.31. The molecule has 1 amide bonds. The number of rotatable bonds is 8. The van der Waals surface area contributed by atoms with Gasteiger partial charge in [-0.3, -0.25) is 4.79 Å². The number of aromatic nitrogens is 3. The van der Waals surface area contributed by atoms with E-state index in [4.69, 9.17) is 15.2 Å². The van der Waals surface area contributed by atoms with Gasteiger partial charge in [-0.2, -0.15) is 4.98 Å². The van der Waals surface area contributed by atoms with Gasteiger partial charge in [0.25, 0.3) is 0 Å². The number of methoxy groups -OCH3 is 1. The first-order valence-corrected chi connectivity index (χ1v) is 11.1. The number of nitrogens with two attached hydrogens (primary N) is 1. The number of carbonyl (C=O) groups is 1. The van der Waals surface area contributed by atoms with Gasteiger partial charge < -0.3 is 20.5 Å². The summed E-state index contributed by atoms with van der Waals surface area (Å²) >= 11 is 5.11. The average molecular weight is 482 g/mol. The highest BCUT2D eigenvalue weighted by Crippen LogP contribution is 2.42. The van der Waals surface area contributed by atoms with Crippen LogP contribution in [0.25, 0.3) is 0 Å². The van der Waals surface area contributed by atoms with Crippen LogP contribution in [0.1, 0.15) is 38.8 Å². The average Bonchev–Trinajstić information content (AvgIpc) is 3.07. The number of halogens is 1. The maximum Gasteiger partial charge on any atom is 0.248 e. The minimum absolute atomic E-state index is 0.425. The van der Waals surface area contributed by atoms with Gasteiger partial charge >= 0.3 is 0 Å². The summed E-state index contributed by atoms with van der Waals surface area (Å²) < 4.78 is 13.6. The lowest BCUT2D eigenvalue weighted by Gasteiger charge is -2.28. The van der Waals surface area contributed by atoms with Gasteiger partial charge in [0.1, 0.15) is 6.04 Å². The third-order valence-electron chi connectivity index (χ3n) is 4.39. The van der Waals surface area contributed by atoms with Crippen molar-refractivity contribution >= 4 is 39.5 Å². The summed E-state index contributed by atoms with van der Waals surface area (Å²) in [5.41, 5.74) is 7.61. The van der Waals surface area contributed by atoms with E-state index in [1.807, 2.05) is 26.0 Å². The highest BCUT2D eigenvalue weighted by Gasteiger charge is 2.34. The molecule has 3 rings (SSSR count). The van der Waals surface area contributed by atoms with Crippen LogP contribution in [0.3, 0.4) is 0 Å². The first-order valence-electron chi connectivity index (χ1n) is 9.28. The highest BCUT2D eigenvalue weighted by atomic mass is 79.9. The Hall–Kier alpha value is -2.20. The Bertz CT molecular complexity index is 960. The topological polar surface area (TPSA) is 104 Å². The van der Waals surface area contributed by atoms with Gasteiger partial charge in [-0.05, 0) is 53.9 Å². The zero-order valence-corrected chi connectivity index (χ0v) is 19.2. The lowest BCUT2D eigenvalue weighted by atomic mass is 9.95. The molecule has 1 aromatic heterocycles. The summed E-state index contributed by atoms with van der Waals surface area (Å²) in [7, 11) is 1.58. The monoisotopic (exact) mass is 481 g/mol. The van der Waals surface area contributed by atoms with Crippen LogP contribution < -0.4 is 20.5 Å². The molecule has 0 saturated carbocycles. The third-order valence-corrected chi connectivity index (χ3v) is 6.02. The fourth-order valence-electron chi connectivity index (χ4n) is 3.22. The largest absolute Gasteiger partial charge is 0.492 e. The molecule has 1 aromatic carbocycles. The van der Waals surface area contributed by atoms with Crippen molar-refractivity contribution < 1.29 is 14.3 Å². The number of hydrogen-bond donors (Lipinski definition) is 2. The minimum Gasteiger partial charge on any atom is -0.492 e. The molecule has 0 aliphatic carbocycles. The van der Waals surface area contributed by atoms with Gasteiger partial charge in [0.2, 0.25) is 17.0 Å². The molecule has 1 aliphatic heterocycles. The first kappa shape index (κ1) is 21.5. The van der Waals surface area contributed by atoms with Crippen molar-refractivity contribution in [2.75, 3.05) is 24.8 Å². The molecule has 2 heterocycles. The molecule has 2 aromatic rings. The molecule has 0 spiro atoms. The predicted octanol–water partition coefficient (Wildman–Crippen LogP) is 3.72. The van der Waals surface area contributed by atoms with E-state index in [-0.39, 0.29) is 0 Å². The number of primary amides is 1. The summed E-state index contributed by atoms with van der Waals surface area (Å²) in [5.74, 6) is 2.12. The molecule has 0 fully saturated rings. The van der Waals surface area contributed by atoms with E-state index in [1.165, 1.54) is 0 Å². The standard InChI is InChI=1S/C19H24BrN5O3S/c1-5-7-29-19-23-18-22-10(3)14(17(21)26)15(25(18)24-19)11-8-12(20)16(27-4)13(9-11)28-6-2/h8-9,15H,5-7H2,1-4H3,(H2,21,26)(H,22,23,24). The Morgan fingerprint density at radius 2 is 2.17 bits per heavy atom. The van der Waals surface area contributed by atoms with E-state index in [0.717, 1.165) is 17.7 Å². The molecule has 0 radical (unpaired) electrons. The molecule has 1 aliphatic rings. The van der Waals surface area contributed by atoms with E-state index >= 15 is 0 Å². The van der Waals surface area contributed by atoms with E-state index in [2.05, 4.69) is 38.3 Å². The van der Waals surface area contributed by atoms with Crippen LogP contribution in [-0.4, -0.2) is 40.1 Å². The highest BCUT2D eigenvalue weighted by molar-refractivity contribution is 9.10. The molecule has 0 saturated heterocycles. The van der Waals surface area contributed by atoms with Crippen molar-refractivity contribution in [3.8, 4) is 11.5 Å². The quantitative estimate of drug-likeness (QED) is 0.553. The molecule has 3 N–H and O–H groups in total. The summed E-state index contributed by atoms with van der Waals surface area (Å²) in [6.45, 7) is 6.29. The Morgan fingerprint density at radius 1 is 1.41 bits per heavy atom. The number of hydrogen-bond acceptors (Lipinski definition) is 7. The van der Waals surface area contributed by atoms with Crippen LogP contribution in [0.2, 0.25) is 0 Å². The molecular weight excluding hydrogens is 458 g/mol. The number of carbonyl (C=O) groups excluding carboxylic acids is 1. The van der Waals surface area contributed by atoms with Gasteiger partial charge in [-0.25, -0.2) is 4.68 Å². The van der Waals surface area contributed by atoms with Crippen molar-refractivity contribution in [2.45, 2.75) is 38.4 Å².